The minimum absolute atomic E-state index is 0.0808. The molecule has 1 aromatic rings. The lowest BCUT2D eigenvalue weighted by Crippen LogP contribution is -2.20. The van der Waals surface area contributed by atoms with Crippen LogP contribution in [0.3, 0.4) is 0 Å². The number of nitro groups is 1. The van der Waals surface area contributed by atoms with Crippen molar-refractivity contribution in [2.75, 3.05) is 7.11 Å². The minimum Gasteiger partial charge on any atom is -0.493 e. The Balaban J connectivity index is 2.29. The van der Waals surface area contributed by atoms with Crippen molar-refractivity contribution in [3.63, 3.8) is 0 Å². The Morgan fingerprint density at radius 2 is 2.00 bits per heavy atom. The highest BCUT2D eigenvalue weighted by Gasteiger charge is 2.22. The van der Waals surface area contributed by atoms with Crippen LogP contribution in [0.1, 0.15) is 37.7 Å². The lowest BCUT2D eigenvalue weighted by atomic mass is 9.98. The molecular formula is C14H19NO5. The first-order valence-electron chi connectivity index (χ1n) is 6.78. The molecule has 1 fully saturated rings. The molecule has 0 bridgehead atoms. The SMILES string of the molecule is COc1cc(CO)c([N+](=O)[O-])cc1OC1CCCCC1. The smallest absolute Gasteiger partial charge is 0.278 e. The fourth-order valence-electron chi connectivity index (χ4n) is 2.50. The lowest BCUT2D eigenvalue weighted by Gasteiger charge is -2.24. The van der Waals surface area contributed by atoms with Crippen LogP contribution in [0.5, 0.6) is 11.5 Å². The Morgan fingerprint density at radius 1 is 1.30 bits per heavy atom. The zero-order valence-electron chi connectivity index (χ0n) is 11.5. The van der Waals surface area contributed by atoms with Crippen molar-refractivity contribution < 1.29 is 19.5 Å². The van der Waals surface area contributed by atoms with Gasteiger partial charge in [0.25, 0.3) is 5.69 Å². The third-order valence-electron chi connectivity index (χ3n) is 3.58. The van der Waals surface area contributed by atoms with E-state index in [0.717, 1.165) is 25.7 Å². The Kier molecular flexibility index (Phi) is 4.79. The van der Waals surface area contributed by atoms with Crippen molar-refractivity contribution in [3.05, 3.63) is 27.8 Å². The molecule has 0 atom stereocenters. The number of rotatable bonds is 5. The van der Waals surface area contributed by atoms with Crippen LogP contribution >= 0.6 is 0 Å². The van der Waals surface area contributed by atoms with E-state index in [0.29, 0.717) is 11.5 Å². The van der Waals surface area contributed by atoms with Gasteiger partial charge in [-0.2, -0.15) is 0 Å². The van der Waals surface area contributed by atoms with Crippen LogP contribution in [0.2, 0.25) is 0 Å². The van der Waals surface area contributed by atoms with E-state index in [1.807, 2.05) is 0 Å². The van der Waals surface area contributed by atoms with Gasteiger partial charge in [0.1, 0.15) is 0 Å². The molecule has 1 saturated carbocycles. The van der Waals surface area contributed by atoms with E-state index in [2.05, 4.69) is 0 Å². The third kappa shape index (κ3) is 3.19. The monoisotopic (exact) mass is 281 g/mol. The van der Waals surface area contributed by atoms with E-state index in [-0.39, 0.29) is 17.4 Å². The van der Waals surface area contributed by atoms with Crippen molar-refractivity contribution in [1.82, 2.24) is 0 Å². The van der Waals surface area contributed by atoms with Crippen LogP contribution in [0.25, 0.3) is 0 Å². The molecule has 0 radical (unpaired) electrons. The summed E-state index contributed by atoms with van der Waals surface area (Å²) in [6.45, 7) is -0.406. The first-order chi connectivity index (χ1) is 9.65. The second-order valence-electron chi connectivity index (χ2n) is 4.92. The van der Waals surface area contributed by atoms with E-state index in [9.17, 15) is 15.2 Å². The van der Waals surface area contributed by atoms with Gasteiger partial charge < -0.3 is 14.6 Å². The molecule has 0 amide bonds. The molecule has 6 nitrogen and oxygen atoms in total. The van der Waals surface area contributed by atoms with E-state index in [1.165, 1.54) is 25.7 Å². The average Bonchev–Trinajstić information content (AvgIpc) is 2.47. The van der Waals surface area contributed by atoms with Crippen molar-refractivity contribution in [2.24, 2.45) is 0 Å². The van der Waals surface area contributed by atoms with Crippen LogP contribution in [0.4, 0.5) is 5.69 Å². The average molecular weight is 281 g/mol. The zero-order valence-corrected chi connectivity index (χ0v) is 11.5. The molecule has 110 valence electrons. The number of aliphatic hydroxyl groups excluding tert-OH is 1. The number of nitro benzene ring substituents is 1. The quantitative estimate of drug-likeness (QED) is 0.663. The molecule has 0 heterocycles. The number of hydrogen-bond acceptors (Lipinski definition) is 5. The summed E-state index contributed by atoms with van der Waals surface area (Å²) in [7, 11) is 1.48. The standard InChI is InChI=1S/C14H19NO5/c1-19-13-7-10(9-16)12(15(17)18)8-14(13)20-11-5-3-2-4-6-11/h7-8,11,16H,2-6,9H2,1H3. The van der Waals surface area contributed by atoms with Gasteiger partial charge in [0.05, 0.1) is 36.4 Å². The third-order valence-corrected chi connectivity index (χ3v) is 3.58. The number of benzene rings is 1. The molecular weight excluding hydrogens is 262 g/mol. The maximum absolute atomic E-state index is 11.0. The molecule has 20 heavy (non-hydrogen) atoms. The van der Waals surface area contributed by atoms with Crippen molar-refractivity contribution in [2.45, 2.75) is 44.8 Å². The lowest BCUT2D eigenvalue weighted by molar-refractivity contribution is -0.386. The summed E-state index contributed by atoms with van der Waals surface area (Å²) in [6.07, 6.45) is 5.43. The predicted octanol–water partition coefficient (Wildman–Crippen LogP) is 2.81. The van der Waals surface area contributed by atoms with Crippen LogP contribution in [-0.2, 0) is 6.61 Å². The molecule has 2 rings (SSSR count). The maximum Gasteiger partial charge on any atom is 0.278 e. The second kappa shape index (κ2) is 6.56. The summed E-state index contributed by atoms with van der Waals surface area (Å²) in [6, 6.07) is 2.81. The Morgan fingerprint density at radius 3 is 2.55 bits per heavy atom. The van der Waals surface area contributed by atoms with Gasteiger partial charge in [-0.1, -0.05) is 6.42 Å². The Hall–Kier alpha value is -1.82. The first kappa shape index (κ1) is 14.6. The molecule has 6 heteroatoms. The minimum atomic E-state index is -0.515. The number of nitrogens with zero attached hydrogens (tertiary/aromatic N) is 1. The fraction of sp³-hybridized carbons (Fsp3) is 0.571. The molecule has 0 saturated heterocycles. The zero-order chi connectivity index (χ0) is 14.5. The first-order valence-corrected chi connectivity index (χ1v) is 6.78. The van der Waals surface area contributed by atoms with Crippen LogP contribution in [-0.4, -0.2) is 23.2 Å². The van der Waals surface area contributed by atoms with E-state index in [4.69, 9.17) is 9.47 Å². The maximum atomic E-state index is 11.0. The molecule has 0 spiro atoms. The van der Waals surface area contributed by atoms with Gasteiger partial charge in [0.15, 0.2) is 11.5 Å². The second-order valence-corrected chi connectivity index (χ2v) is 4.92. The van der Waals surface area contributed by atoms with E-state index < -0.39 is 11.5 Å². The molecule has 0 aliphatic heterocycles. The highest BCUT2D eigenvalue weighted by molar-refractivity contribution is 5.54. The molecule has 0 aromatic heterocycles. The van der Waals surface area contributed by atoms with Gasteiger partial charge in [-0.15, -0.1) is 0 Å². The van der Waals surface area contributed by atoms with Gasteiger partial charge in [-0.25, -0.2) is 0 Å². The highest BCUT2D eigenvalue weighted by atomic mass is 16.6. The molecule has 1 aromatic carbocycles. The number of ether oxygens (including phenoxy) is 2. The number of hydrogen-bond donors (Lipinski definition) is 1. The predicted molar refractivity (Wildman–Crippen MR) is 73.1 cm³/mol. The summed E-state index contributed by atoms with van der Waals surface area (Å²) >= 11 is 0. The fourth-order valence-corrected chi connectivity index (χ4v) is 2.50. The Bertz CT molecular complexity index is 483. The van der Waals surface area contributed by atoms with Gasteiger partial charge in [0.2, 0.25) is 0 Å². The van der Waals surface area contributed by atoms with Crippen LogP contribution < -0.4 is 9.47 Å². The molecule has 1 aliphatic carbocycles. The topological polar surface area (TPSA) is 81.8 Å². The van der Waals surface area contributed by atoms with Crippen molar-refractivity contribution >= 4 is 5.69 Å². The molecule has 0 unspecified atom stereocenters. The van der Waals surface area contributed by atoms with E-state index in [1.54, 1.807) is 0 Å². The number of aliphatic hydroxyl groups is 1. The van der Waals surface area contributed by atoms with Gasteiger partial charge in [0, 0.05) is 0 Å². The normalized spacial score (nSPS) is 15.9. The summed E-state index contributed by atoms with van der Waals surface area (Å²) in [4.78, 5) is 10.5. The van der Waals surface area contributed by atoms with Gasteiger partial charge >= 0.3 is 0 Å². The van der Waals surface area contributed by atoms with Crippen molar-refractivity contribution in [3.8, 4) is 11.5 Å². The highest BCUT2D eigenvalue weighted by Crippen LogP contribution is 2.36. The summed E-state index contributed by atoms with van der Waals surface area (Å²) < 4.78 is 11.1. The molecule has 1 aliphatic rings. The molecule has 1 N–H and O–H groups in total. The largest absolute Gasteiger partial charge is 0.493 e. The van der Waals surface area contributed by atoms with Gasteiger partial charge in [-0.3, -0.25) is 10.1 Å². The van der Waals surface area contributed by atoms with Crippen LogP contribution in [0, 0.1) is 10.1 Å². The van der Waals surface area contributed by atoms with Crippen LogP contribution in [0.15, 0.2) is 12.1 Å². The summed E-state index contributed by atoms with van der Waals surface area (Å²) in [5.74, 6) is 0.800. The van der Waals surface area contributed by atoms with Gasteiger partial charge in [-0.05, 0) is 31.7 Å². The number of methoxy groups -OCH3 is 1. The van der Waals surface area contributed by atoms with Crippen molar-refractivity contribution in [1.29, 1.82) is 0 Å². The van der Waals surface area contributed by atoms with E-state index >= 15 is 0 Å². The Labute approximate surface area is 117 Å². The summed E-state index contributed by atoms with van der Waals surface area (Å²) in [5, 5.41) is 20.2. The summed E-state index contributed by atoms with van der Waals surface area (Å²) in [5.41, 5.74) is 0.0851.